The topological polar surface area (TPSA) is 14.1 Å². The summed E-state index contributed by atoms with van der Waals surface area (Å²) in [5.74, 6) is 0. The van der Waals surface area contributed by atoms with E-state index in [1.165, 1.54) is 11.3 Å². The van der Waals surface area contributed by atoms with Gasteiger partial charge >= 0.3 is 0 Å². The van der Waals surface area contributed by atoms with Crippen LogP contribution < -0.4 is 0 Å². The molecule has 118 valence electrons. The molecule has 20 heavy (non-hydrogen) atoms. The largest absolute Gasteiger partial charge is 0.683 e. The van der Waals surface area contributed by atoms with E-state index < -0.39 is 8.80 Å². The minimum absolute atomic E-state index is 0. The maximum atomic E-state index is 5.07. The van der Waals surface area contributed by atoms with Crippen molar-refractivity contribution in [2.75, 3.05) is 0 Å². The van der Waals surface area contributed by atoms with Crippen LogP contribution in [0, 0.1) is 0 Å². The Bertz CT molecular complexity index is 400. The summed E-state index contributed by atoms with van der Waals surface area (Å²) >= 11 is 0. The van der Waals surface area contributed by atoms with E-state index in [1.807, 2.05) is 0 Å². The van der Waals surface area contributed by atoms with E-state index in [2.05, 4.69) is 54.6 Å². The van der Waals surface area contributed by atoms with E-state index in [9.17, 15) is 0 Å². The van der Waals surface area contributed by atoms with Gasteiger partial charge in [0.1, 0.15) is 0 Å². The Kier molecular flexibility index (Phi) is 11.4. The molecular formula is C14H30Cl2NSi2Zr-. The number of hydrogen-bond acceptors (Lipinski definition) is 0. The molecule has 1 rings (SSSR count). The first kappa shape index (κ1) is 26.1. The standard InChI is InChI=1S/C14H28NSi2.2ClH.Zr/c1-9-10(2)14(6,17(7)8)12(11(9)16)15-13(3,4)5;;;/h17H,1-8,16H3;2*1H;/q-1;;;. The van der Waals surface area contributed by atoms with Gasteiger partial charge in [0, 0.05) is 45.2 Å². The van der Waals surface area contributed by atoms with E-state index in [-0.39, 0.29) is 61.6 Å². The fourth-order valence-corrected chi connectivity index (χ4v) is 5.86. The van der Waals surface area contributed by atoms with Crippen LogP contribution in [-0.4, -0.2) is 24.6 Å². The van der Waals surface area contributed by atoms with Gasteiger partial charge in [-0.3, -0.25) is 0 Å². The van der Waals surface area contributed by atoms with Crippen molar-refractivity contribution in [3.8, 4) is 0 Å². The Labute approximate surface area is 161 Å². The second-order valence-electron chi connectivity index (χ2n) is 6.86. The summed E-state index contributed by atoms with van der Waals surface area (Å²) in [5, 5.41) is 6.91. The average molecular weight is 431 g/mol. The van der Waals surface area contributed by atoms with E-state index >= 15 is 0 Å². The van der Waals surface area contributed by atoms with Crippen LogP contribution in [0.15, 0.2) is 22.0 Å². The molecule has 0 aromatic carbocycles. The second-order valence-corrected chi connectivity index (χ2v) is 11.3. The van der Waals surface area contributed by atoms with E-state index in [4.69, 9.17) is 5.32 Å². The number of rotatable bonds is 2. The zero-order chi connectivity index (χ0) is 13.6. The zero-order valence-corrected chi connectivity index (χ0v) is 21.6. The van der Waals surface area contributed by atoms with Gasteiger partial charge in [0.15, 0.2) is 0 Å². The van der Waals surface area contributed by atoms with Crippen molar-refractivity contribution >= 4 is 43.9 Å². The molecule has 0 aliphatic heterocycles. The molecule has 0 bridgehead atoms. The molecule has 1 unspecified atom stereocenters. The Morgan fingerprint density at radius 3 is 1.80 bits per heavy atom. The first-order valence-corrected chi connectivity index (χ1v) is 10.5. The van der Waals surface area contributed by atoms with Crippen molar-refractivity contribution in [2.24, 2.45) is 0 Å². The first-order valence-electron chi connectivity index (χ1n) is 6.64. The van der Waals surface area contributed by atoms with E-state index in [0.717, 1.165) is 10.2 Å². The molecule has 1 atom stereocenters. The third kappa shape index (κ3) is 4.84. The molecule has 0 saturated heterocycles. The van der Waals surface area contributed by atoms with Gasteiger partial charge in [-0.15, -0.1) is 30.4 Å². The van der Waals surface area contributed by atoms with Gasteiger partial charge in [-0.05, 0) is 18.9 Å². The van der Waals surface area contributed by atoms with Crippen molar-refractivity contribution in [2.45, 2.75) is 65.2 Å². The van der Waals surface area contributed by atoms with Crippen LogP contribution in [0.2, 0.25) is 18.1 Å². The normalized spacial score (nSPS) is 22.4. The maximum absolute atomic E-state index is 5.07. The molecule has 0 N–H and O–H groups in total. The van der Waals surface area contributed by atoms with Gasteiger partial charge in [0.2, 0.25) is 0 Å². The first-order chi connectivity index (χ1) is 7.51. The zero-order valence-electron chi connectivity index (χ0n) is 14.3. The minimum Gasteiger partial charge on any atom is -0.683 e. The Hall–Kier alpha value is 1.18. The van der Waals surface area contributed by atoms with Crippen molar-refractivity contribution in [1.82, 2.24) is 0 Å². The van der Waals surface area contributed by atoms with Gasteiger partial charge in [-0.1, -0.05) is 57.1 Å². The molecule has 0 aromatic rings. The predicted octanol–water partition coefficient (Wildman–Crippen LogP) is 4.17. The van der Waals surface area contributed by atoms with E-state index in [0.29, 0.717) is 0 Å². The summed E-state index contributed by atoms with van der Waals surface area (Å²) in [6, 6.07) is 0. The summed E-state index contributed by atoms with van der Waals surface area (Å²) in [7, 11) is 0.311. The Morgan fingerprint density at radius 1 is 1.10 bits per heavy atom. The second kappa shape index (κ2) is 8.72. The van der Waals surface area contributed by atoms with E-state index in [1.54, 1.807) is 10.8 Å². The molecule has 1 aliphatic rings. The van der Waals surface area contributed by atoms with Crippen LogP contribution in [0.3, 0.4) is 0 Å². The minimum atomic E-state index is -0.807. The number of halogens is 2. The smallest absolute Gasteiger partial charge is 0.0451 e. The van der Waals surface area contributed by atoms with Gasteiger partial charge < -0.3 is 5.32 Å². The van der Waals surface area contributed by atoms with Gasteiger partial charge in [-0.2, -0.15) is 5.70 Å². The van der Waals surface area contributed by atoms with Crippen molar-refractivity contribution in [3.05, 3.63) is 27.4 Å². The third-order valence-electron chi connectivity index (χ3n) is 4.35. The molecule has 0 amide bonds. The molecule has 0 heterocycles. The molecule has 1 aliphatic carbocycles. The molecule has 0 radical (unpaired) electrons. The predicted molar refractivity (Wildman–Crippen MR) is 100 cm³/mol. The van der Waals surface area contributed by atoms with Crippen LogP contribution in [0.5, 0.6) is 0 Å². The Morgan fingerprint density at radius 2 is 1.50 bits per heavy atom. The molecule has 0 spiro atoms. The number of nitrogens with zero attached hydrogens (tertiary/aromatic N) is 1. The number of allylic oxidation sites excluding steroid dienone is 3. The monoisotopic (exact) mass is 428 g/mol. The maximum Gasteiger partial charge on any atom is 0.0451 e. The SMILES string of the molecule is CC1=C(C)C(C)([SiH](C)C)C([N-]C(C)(C)C)=C1[SiH3].Cl.Cl.[Zr]. The van der Waals surface area contributed by atoms with Crippen LogP contribution in [0.4, 0.5) is 0 Å². The summed E-state index contributed by atoms with van der Waals surface area (Å²) in [5.41, 5.74) is 4.59. The summed E-state index contributed by atoms with van der Waals surface area (Å²) in [6.45, 7) is 18.6. The van der Waals surface area contributed by atoms with Crippen LogP contribution in [0.25, 0.3) is 5.32 Å². The molecule has 0 fully saturated rings. The van der Waals surface area contributed by atoms with Gasteiger partial charge in [-0.25, -0.2) is 0 Å². The van der Waals surface area contributed by atoms with Crippen LogP contribution in [0.1, 0.15) is 41.5 Å². The van der Waals surface area contributed by atoms with Crippen molar-refractivity contribution in [3.63, 3.8) is 0 Å². The van der Waals surface area contributed by atoms with Crippen molar-refractivity contribution < 1.29 is 26.2 Å². The molecule has 0 aromatic heterocycles. The van der Waals surface area contributed by atoms with Gasteiger partial charge in [0.25, 0.3) is 0 Å². The molecule has 1 nitrogen and oxygen atoms in total. The molecular weight excluding hydrogens is 400 g/mol. The number of hydrogen-bond donors (Lipinski definition) is 0. The van der Waals surface area contributed by atoms with Crippen LogP contribution in [-0.2, 0) is 26.2 Å². The average Bonchev–Trinajstić information content (AvgIpc) is 2.32. The summed E-state index contributed by atoms with van der Waals surface area (Å²) < 4.78 is 0. The van der Waals surface area contributed by atoms with Crippen molar-refractivity contribution in [1.29, 1.82) is 0 Å². The Balaban J connectivity index is -0.000000963. The molecule has 6 heteroatoms. The fourth-order valence-electron chi connectivity index (χ4n) is 2.66. The van der Waals surface area contributed by atoms with Gasteiger partial charge in [0.05, 0.1) is 0 Å². The van der Waals surface area contributed by atoms with Crippen LogP contribution >= 0.6 is 24.8 Å². The third-order valence-corrected chi connectivity index (χ3v) is 8.59. The molecule has 0 saturated carbocycles. The quantitative estimate of drug-likeness (QED) is 0.584. The summed E-state index contributed by atoms with van der Waals surface area (Å²) in [6.07, 6.45) is 0. The fraction of sp³-hybridized carbons (Fsp3) is 0.714. The summed E-state index contributed by atoms with van der Waals surface area (Å²) in [4.78, 5) is 0.